The van der Waals surface area contributed by atoms with Crippen LogP contribution in [-0.4, -0.2) is 41.3 Å². The third kappa shape index (κ3) is 2.77. The number of aliphatic hydroxyl groups excluding tert-OH is 3. The number of ether oxygens (including phenoxy) is 1. The van der Waals surface area contributed by atoms with E-state index in [0.717, 1.165) is 0 Å². The Hall–Kier alpha value is -0.650. The maximum Gasteiger partial charge on any atom is 0.315 e. The quantitative estimate of drug-likeness (QED) is 0.321. The smallest absolute Gasteiger partial charge is 0.315 e. The van der Waals surface area contributed by atoms with Crippen molar-refractivity contribution in [2.45, 2.75) is 0 Å². The molecule has 0 heterocycles. The number of aliphatic hydroxyl groups is 3. The van der Waals surface area contributed by atoms with Gasteiger partial charge in [0.05, 0.1) is 13.2 Å². The molecule has 0 bridgehead atoms. The van der Waals surface area contributed by atoms with E-state index < -0.39 is 31.9 Å². The Balaban J connectivity index is 3.65. The summed E-state index contributed by atoms with van der Waals surface area (Å²) in [5, 5.41) is 24.8. The monoisotopic (exact) mass is 150 g/mol. The lowest BCUT2D eigenvalue weighted by atomic mass is 10.2. The first-order valence-electron chi connectivity index (χ1n) is 2.75. The zero-order valence-corrected chi connectivity index (χ0v) is 5.36. The second-order valence-electron chi connectivity index (χ2n) is 1.65. The van der Waals surface area contributed by atoms with E-state index in [-0.39, 0.29) is 0 Å². The van der Waals surface area contributed by atoms with E-state index >= 15 is 0 Å². The van der Waals surface area contributed by atoms with E-state index in [0.29, 0.717) is 0 Å². The van der Waals surface area contributed by atoms with Gasteiger partial charge >= 0.3 is 5.97 Å². The van der Waals surface area contributed by atoms with Gasteiger partial charge in [-0.05, 0) is 0 Å². The maximum atomic E-state index is 10.5. The van der Waals surface area contributed by atoms with Crippen molar-refractivity contribution in [3.63, 3.8) is 0 Å². The van der Waals surface area contributed by atoms with Crippen molar-refractivity contribution >= 4 is 5.97 Å². The van der Waals surface area contributed by atoms with E-state index in [4.69, 9.17) is 15.3 Å². The largest absolute Gasteiger partial charge is 0.438 e. The van der Waals surface area contributed by atoms with Gasteiger partial charge in [-0.15, -0.1) is 0 Å². The number of carbonyl (C=O) groups is 1. The van der Waals surface area contributed by atoms with Crippen LogP contribution in [0.1, 0.15) is 0 Å². The maximum absolute atomic E-state index is 10.5. The van der Waals surface area contributed by atoms with Crippen LogP contribution >= 0.6 is 0 Å². The van der Waals surface area contributed by atoms with Crippen LogP contribution in [0.4, 0.5) is 0 Å². The lowest BCUT2D eigenvalue weighted by molar-refractivity contribution is -0.159. The minimum absolute atomic E-state index is 0.477. The minimum atomic E-state index is -0.938. The molecule has 0 amide bonds. The van der Waals surface area contributed by atoms with Crippen molar-refractivity contribution < 1.29 is 24.9 Å². The van der Waals surface area contributed by atoms with Crippen molar-refractivity contribution in [2.75, 3.05) is 20.0 Å². The predicted molar refractivity (Wildman–Crippen MR) is 30.8 cm³/mol. The van der Waals surface area contributed by atoms with Crippen LogP contribution in [0.2, 0.25) is 0 Å². The Morgan fingerprint density at radius 3 is 2.10 bits per heavy atom. The van der Waals surface area contributed by atoms with Crippen LogP contribution in [0.5, 0.6) is 0 Å². The van der Waals surface area contributed by atoms with E-state index in [1.165, 1.54) is 0 Å². The van der Waals surface area contributed by atoms with Gasteiger partial charge < -0.3 is 20.1 Å². The molecule has 0 aliphatic rings. The number of carbonyl (C=O) groups excluding carboxylic acids is 1. The molecule has 10 heavy (non-hydrogen) atoms. The molecule has 0 atom stereocenters. The Kier molecular flexibility index (Phi) is 4.82. The summed E-state index contributed by atoms with van der Waals surface area (Å²) in [4.78, 5) is 10.5. The molecule has 0 fully saturated rings. The summed E-state index contributed by atoms with van der Waals surface area (Å²) >= 11 is 0. The summed E-state index contributed by atoms with van der Waals surface area (Å²) in [5.41, 5.74) is 0. The molecule has 0 unspecified atom stereocenters. The fraction of sp³-hybridized carbons (Fsp3) is 0.800. The van der Waals surface area contributed by atoms with Crippen LogP contribution in [0.15, 0.2) is 0 Å². The molecule has 0 aliphatic heterocycles. The zero-order chi connectivity index (χ0) is 7.98. The van der Waals surface area contributed by atoms with Crippen molar-refractivity contribution in [3.05, 3.63) is 0 Å². The van der Waals surface area contributed by atoms with Gasteiger partial charge in [0.1, 0.15) is 5.92 Å². The Morgan fingerprint density at radius 1 is 1.30 bits per heavy atom. The van der Waals surface area contributed by atoms with Crippen LogP contribution < -0.4 is 0 Å². The van der Waals surface area contributed by atoms with E-state index in [1.807, 2.05) is 0 Å². The highest BCUT2D eigenvalue weighted by Crippen LogP contribution is 1.95. The molecule has 3 N–H and O–H groups in total. The van der Waals surface area contributed by atoms with Crippen molar-refractivity contribution in [1.29, 1.82) is 0 Å². The summed E-state index contributed by atoms with van der Waals surface area (Å²) < 4.78 is 4.08. The second kappa shape index (κ2) is 5.16. The second-order valence-corrected chi connectivity index (χ2v) is 1.65. The highest BCUT2D eigenvalue weighted by Gasteiger charge is 2.16. The molecule has 0 saturated carbocycles. The van der Waals surface area contributed by atoms with E-state index in [2.05, 4.69) is 4.74 Å². The van der Waals surface area contributed by atoms with Gasteiger partial charge in [0, 0.05) is 0 Å². The molecular weight excluding hydrogens is 140 g/mol. The summed E-state index contributed by atoms with van der Waals surface area (Å²) in [5.74, 6) is -1.74. The van der Waals surface area contributed by atoms with E-state index in [9.17, 15) is 4.79 Å². The molecule has 0 radical (unpaired) electrons. The molecule has 5 heteroatoms. The third-order valence-corrected chi connectivity index (χ3v) is 0.981. The minimum Gasteiger partial charge on any atom is -0.438 e. The van der Waals surface area contributed by atoms with Gasteiger partial charge in [-0.25, -0.2) is 0 Å². The first-order chi connectivity index (χ1) is 4.76. The van der Waals surface area contributed by atoms with Gasteiger partial charge in [-0.3, -0.25) is 4.79 Å². The Bertz CT molecular complexity index is 98.2. The van der Waals surface area contributed by atoms with E-state index in [1.54, 1.807) is 0 Å². The summed E-state index contributed by atoms with van der Waals surface area (Å²) in [7, 11) is 0. The van der Waals surface area contributed by atoms with Crippen LogP contribution in [0.3, 0.4) is 0 Å². The lowest BCUT2D eigenvalue weighted by Crippen LogP contribution is -2.24. The number of hydrogen-bond donors (Lipinski definition) is 3. The molecule has 0 rings (SSSR count). The first kappa shape index (κ1) is 9.35. The standard InChI is InChI=1S/C5H10O5/c6-1-4(2-7)5(9)10-3-8/h4,6-8H,1-3H2. The Morgan fingerprint density at radius 2 is 1.80 bits per heavy atom. The molecule has 60 valence electrons. The van der Waals surface area contributed by atoms with Crippen molar-refractivity contribution in [1.82, 2.24) is 0 Å². The average molecular weight is 150 g/mol. The molecule has 0 aromatic carbocycles. The van der Waals surface area contributed by atoms with Gasteiger partial charge in [0.15, 0.2) is 6.79 Å². The molecule has 0 aromatic rings. The summed E-state index contributed by atoms with van der Waals surface area (Å²) in [6, 6.07) is 0. The van der Waals surface area contributed by atoms with Gasteiger partial charge in [0.25, 0.3) is 0 Å². The predicted octanol–water partition coefficient (Wildman–Crippen LogP) is -1.92. The zero-order valence-electron chi connectivity index (χ0n) is 5.36. The molecule has 0 aliphatic carbocycles. The highest BCUT2D eigenvalue weighted by atomic mass is 16.6. The molecule has 5 nitrogen and oxygen atoms in total. The number of rotatable bonds is 4. The van der Waals surface area contributed by atoms with Crippen molar-refractivity contribution in [2.24, 2.45) is 5.92 Å². The van der Waals surface area contributed by atoms with Gasteiger partial charge in [-0.1, -0.05) is 0 Å². The number of esters is 1. The molecule has 0 aromatic heterocycles. The van der Waals surface area contributed by atoms with Crippen LogP contribution in [0.25, 0.3) is 0 Å². The SMILES string of the molecule is O=C(OCO)C(CO)CO. The van der Waals surface area contributed by atoms with Crippen LogP contribution in [0, 0.1) is 5.92 Å². The molecular formula is C5H10O5. The van der Waals surface area contributed by atoms with Crippen molar-refractivity contribution in [3.8, 4) is 0 Å². The Labute approximate surface area is 57.9 Å². The number of hydrogen-bond acceptors (Lipinski definition) is 5. The summed E-state index contributed by atoms with van der Waals surface area (Å²) in [6.07, 6.45) is 0. The molecule has 0 saturated heterocycles. The highest BCUT2D eigenvalue weighted by molar-refractivity contribution is 5.72. The topological polar surface area (TPSA) is 87.0 Å². The van der Waals surface area contributed by atoms with Gasteiger partial charge in [-0.2, -0.15) is 0 Å². The molecule has 0 spiro atoms. The fourth-order valence-electron chi connectivity index (χ4n) is 0.388. The normalized spacial score (nSPS) is 10.0. The van der Waals surface area contributed by atoms with Gasteiger partial charge in [0.2, 0.25) is 0 Å². The summed E-state index contributed by atoms with van der Waals surface area (Å²) in [6.45, 7) is -1.68. The average Bonchev–Trinajstić information content (AvgIpc) is 1.91. The van der Waals surface area contributed by atoms with Crippen LogP contribution in [-0.2, 0) is 9.53 Å². The lowest BCUT2D eigenvalue weighted by Gasteiger charge is -2.07. The first-order valence-corrected chi connectivity index (χ1v) is 2.75. The fourth-order valence-corrected chi connectivity index (χ4v) is 0.388. The third-order valence-electron chi connectivity index (χ3n) is 0.981.